The maximum atomic E-state index is 13.2. The first kappa shape index (κ1) is 22.1. The number of thioether (sulfide) groups is 1. The van der Waals surface area contributed by atoms with Crippen molar-refractivity contribution < 1.29 is 9.59 Å². The molecular weight excluding hydrogens is 384 g/mol. The average molecular weight is 419 g/mol. The molecule has 29 heavy (non-hydrogen) atoms. The lowest BCUT2D eigenvalue weighted by atomic mass is 9.92. The molecule has 0 spiro atoms. The van der Waals surface area contributed by atoms with Gasteiger partial charge in [-0.2, -0.15) is 0 Å². The van der Waals surface area contributed by atoms with E-state index in [1.807, 2.05) is 23.0 Å². The number of hydrogen-bond acceptors (Lipinski definition) is 5. The first-order valence-electron chi connectivity index (χ1n) is 10.8. The van der Waals surface area contributed by atoms with Gasteiger partial charge in [0.15, 0.2) is 0 Å². The standard InChI is InChI=1S/C22H34N4O2S/c1-14(2)19-23-16(4)18(20(24-19)29-5)22(28)25-11-8-17(9-12-25)21(27)26-10-6-7-15(3)13-26/h14-15,17H,6-13H2,1-5H3. The Morgan fingerprint density at radius 1 is 1.07 bits per heavy atom. The first-order chi connectivity index (χ1) is 13.8. The number of carbonyl (C=O) groups excluding carboxylic acids is 2. The van der Waals surface area contributed by atoms with E-state index in [2.05, 4.69) is 30.7 Å². The molecule has 2 aliphatic heterocycles. The first-order valence-corrected chi connectivity index (χ1v) is 12.0. The fourth-order valence-electron chi connectivity index (χ4n) is 4.35. The molecule has 0 aliphatic carbocycles. The molecular formula is C22H34N4O2S. The molecule has 0 bridgehead atoms. The molecule has 0 radical (unpaired) electrons. The minimum absolute atomic E-state index is 0.000324. The highest BCUT2D eigenvalue weighted by Gasteiger charge is 2.33. The van der Waals surface area contributed by atoms with Crippen LogP contribution in [-0.2, 0) is 4.79 Å². The van der Waals surface area contributed by atoms with E-state index in [1.165, 1.54) is 18.2 Å². The van der Waals surface area contributed by atoms with Crippen molar-refractivity contribution in [3.63, 3.8) is 0 Å². The van der Waals surface area contributed by atoms with Gasteiger partial charge in [0, 0.05) is 38.0 Å². The van der Waals surface area contributed by atoms with Gasteiger partial charge in [-0.15, -0.1) is 11.8 Å². The number of likely N-dealkylation sites (tertiary alicyclic amines) is 2. The molecule has 6 nitrogen and oxygen atoms in total. The summed E-state index contributed by atoms with van der Waals surface area (Å²) in [5, 5.41) is 0.756. The van der Waals surface area contributed by atoms with Crippen molar-refractivity contribution in [1.29, 1.82) is 0 Å². The molecule has 1 unspecified atom stereocenters. The van der Waals surface area contributed by atoms with E-state index in [0.717, 1.165) is 48.9 Å². The Morgan fingerprint density at radius 3 is 2.34 bits per heavy atom. The predicted octanol–water partition coefficient (Wildman–Crippen LogP) is 3.74. The van der Waals surface area contributed by atoms with Gasteiger partial charge in [-0.3, -0.25) is 9.59 Å². The van der Waals surface area contributed by atoms with E-state index in [0.29, 0.717) is 24.6 Å². The largest absolute Gasteiger partial charge is 0.342 e. The molecule has 1 aromatic heterocycles. The monoisotopic (exact) mass is 418 g/mol. The van der Waals surface area contributed by atoms with Crippen LogP contribution in [0, 0.1) is 18.8 Å². The molecule has 2 saturated heterocycles. The van der Waals surface area contributed by atoms with Crippen molar-refractivity contribution >= 4 is 23.6 Å². The zero-order valence-corrected chi connectivity index (χ0v) is 19.2. The fourth-order valence-corrected chi connectivity index (χ4v) is 4.98. The molecule has 2 fully saturated rings. The summed E-state index contributed by atoms with van der Waals surface area (Å²) in [7, 11) is 0. The summed E-state index contributed by atoms with van der Waals surface area (Å²) >= 11 is 1.50. The fraction of sp³-hybridized carbons (Fsp3) is 0.727. The van der Waals surface area contributed by atoms with Crippen LogP contribution in [0.5, 0.6) is 0 Å². The number of piperidine rings is 2. The zero-order valence-electron chi connectivity index (χ0n) is 18.4. The Labute approximate surface area is 178 Å². The number of aryl methyl sites for hydroxylation is 1. The van der Waals surface area contributed by atoms with Crippen LogP contribution in [0.3, 0.4) is 0 Å². The Morgan fingerprint density at radius 2 is 1.76 bits per heavy atom. The zero-order chi connectivity index (χ0) is 21.1. The molecule has 0 aromatic carbocycles. The van der Waals surface area contributed by atoms with Gasteiger partial charge in [-0.1, -0.05) is 20.8 Å². The molecule has 3 rings (SSSR count). The van der Waals surface area contributed by atoms with Gasteiger partial charge in [-0.25, -0.2) is 9.97 Å². The summed E-state index contributed by atoms with van der Waals surface area (Å²) in [6.45, 7) is 11.3. The molecule has 7 heteroatoms. The summed E-state index contributed by atoms with van der Waals surface area (Å²) in [4.78, 5) is 39.3. The van der Waals surface area contributed by atoms with E-state index >= 15 is 0 Å². The van der Waals surface area contributed by atoms with Gasteiger partial charge in [0.25, 0.3) is 5.91 Å². The van der Waals surface area contributed by atoms with Crippen LogP contribution in [0.25, 0.3) is 0 Å². The van der Waals surface area contributed by atoms with Crippen LogP contribution >= 0.6 is 11.8 Å². The minimum atomic E-state index is -0.000324. The van der Waals surface area contributed by atoms with Crippen LogP contribution in [0.4, 0.5) is 0 Å². The molecule has 2 amide bonds. The summed E-state index contributed by atoms with van der Waals surface area (Å²) in [5.74, 6) is 1.93. The number of hydrogen-bond donors (Lipinski definition) is 0. The van der Waals surface area contributed by atoms with E-state index in [9.17, 15) is 9.59 Å². The minimum Gasteiger partial charge on any atom is -0.342 e. The van der Waals surface area contributed by atoms with Crippen molar-refractivity contribution in [2.24, 2.45) is 11.8 Å². The third-order valence-corrected chi connectivity index (χ3v) is 6.78. The molecule has 3 heterocycles. The molecule has 1 aromatic rings. The summed E-state index contributed by atoms with van der Waals surface area (Å²) in [6, 6.07) is 0. The number of nitrogens with zero attached hydrogens (tertiary/aromatic N) is 4. The van der Waals surface area contributed by atoms with E-state index in [-0.39, 0.29) is 23.7 Å². The maximum absolute atomic E-state index is 13.2. The second kappa shape index (κ2) is 9.45. The smallest absolute Gasteiger partial charge is 0.258 e. The van der Waals surface area contributed by atoms with Crippen molar-refractivity contribution in [3.8, 4) is 0 Å². The van der Waals surface area contributed by atoms with Gasteiger partial charge < -0.3 is 9.80 Å². The van der Waals surface area contributed by atoms with Gasteiger partial charge in [0.05, 0.1) is 11.3 Å². The highest BCUT2D eigenvalue weighted by molar-refractivity contribution is 7.98. The van der Waals surface area contributed by atoms with E-state index in [4.69, 9.17) is 0 Å². The Balaban J connectivity index is 1.66. The summed E-state index contributed by atoms with van der Waals surface area (Å²) < 4.78 is 0. The highest BCUT2D eigenvalue weighted by atomic mass is 32.2. The molecule has 2 aliphatic rings. The topological polar surface area (TPSA) is 66.4 Å². The van der Waals surface area contributed by atoms with Crippen molar-refractivity contribution in [1.82, 2.24) is 19.8 Å². The van der Waals surface area contributed by atoms with Gasteiger partial charge in [0.1, 0.15) is 10.9 Å². The highest BCUT2D eigenvalue weighted by Crippen LogP contribution is 2.28. The number of carbonyl (C=O) groups is 2. The van der Waals surface area contributed by atoms with Crippen LogP contribution in [0.15, 0.2) is 5.03 Å². The summed E-state index contributed by atoms with van der Waals surface area (Å²) in [5.41, 5.74) is 1.37. The Bertz CT molecular complexity index is 759. The lowest BCUT2D eigenvalue weighted by Gasteiger charge is -2.37. The van der Waals surface area contributed by atoms with Crippen molar-refractivity contribution in [2.45, 2.75) is 64.3 Å². The maximum Gasteiger partial charge on any atom is 0.258 e. The van der Waals surface area contributed by atoms with Crippen LogP contribution in [-0.4, -0.2) is 64.0 Å². The van der Waals surface area contributed by atoms with Gasteiger partial charge in [0.2, 0.25) is 5.91 Å². The third-order valence-electron chi connectivity index (χ3n) is 6.10. The second-order valence-corrected chi connectivity index (χ2v) is 9.60. The molecule has 160 valence electrons. The summed E-state index contributed by atoms with van der Waals surface area (Å²) in [6.07, 6.45) is 5.76. The Hall–Kier alpha value is -1.63. The van der Waals surface area contributed by atoms with Gasteiger partial charge in [-0.05, 0) is 44.8 Å². The predicted molar refractivity (Wildman–Crippen MR) is 116 cm³/mol. The quantitative estimate of drug-likeness (QED) is 0.550. The number of aromatic nitrogens is 2. The van der Waals surface area contributed by atoms with Crippen molar-refractivity contribution in [3.05, 3.63) is 17.1 Å². The Kier molecular flexibility index (Phi) is 7.19. The third kappa shape index (κ3) is 4.93. The average Bonchev–Trinajstić information content (AvgIpc) is 2.72. The second-order valence-electron chi connectivity index (χ2n) is 8.80. The molecule has 1 atom stereocenters. The van der Waals surface area contributed by atoms with Crippen LogP contribution in [0.2, 0.25) is 0 Å². The van der Waals surface area contributed by atoms with Gasteiger partial charge >= 0.3 is 0 Å². The number of rotatable bonds is 4. The lowest BCUT2D eigenvalue weighted by Crippen LogP contribution is -2.47. The van der Waals surface area contributed by atoms with Crippen LogP contribution < -0.4 is 0 Å². The lowest BCUT2D eigenvalue weighted by molar-refractivity contribution is -0.138. The SMILES string of the molecule is CSc1nc(C(C)C)nc(C)c1C(=O)N1CCC(C(=O)N2CCCC(C)C2)CC1. The number of amides is 2. The van der Waals surface area contributed by atoms with E-state index in [1.54, 1.807) is 0 Å². The van der Waals surface area contributed by atoms with E-state index < -0.39 is 0 Å². The normalized spacial score (nSPS) is 21.0. The molecule has 0 N–H and O–H groups in total. The van der Waals surface area contributed by atoms with Crippen LogP contribution in [0.1, 0.15) is 74.2 Å². The molecule has 0 saturated carbocycles. The van der Waals surface area contributed by atoms with Crippen molar-refractivity contribution in [2.75, 3.05) is 32.4 Å².